The topological polar surface area (TPSA) is 95.1 Å². The van der Waals surface area contributed by atoms with Crippen molar-refractivity contribution in [1.82, 2.24) is 0 Å². The second-order valence-corrected chi connectivity index (χ2v) is 7.14. The number of hydrogen-bond donors (Lipinski definition) is 1. The highest BCUT2D eigenvalue weighted by Gasteiger charge is 2.12. The first-order valence-corrected chi connectivity index (χ1v) is 10.4. The van der Waals surface area contributed by atoms with Gasteiger partial charge >= 0.3 is 0 Å². The van der Waals surface area contributed by atoms with Crippen LogP contribution in [-0.4, -0.2) is 13.0 Å². The molecule has 0 saturated heterocycles. The van der Waals surface area contributed by atoms with Crippen molar-refractivity contribution in [2.75, 3.05) is 12.4 Å². The molecule has 164 valence electrons. The Balaban J connectivity index is 1.75. The van der Waals surface area contributed by atoms with Crippen molar-refractivity contribution < 1.29 is 14.3 Å². The van der Waals surface area contributed by atoms with E-state index in [4.69, 9.17) is 9.47 Å². The number of nitrogens with zero attached hydrogens (tertiary/aromatic N) is 2. The predicted octanol–water partition coefficient (Wildman–Crippen LogP) is 5.25. The number of methoxy groups -OCH3 is 1. The van der Waals surface area contributed by atoms with Crippen LogP contribution in [0.5, 0.6) is 11.5 Å². The molecule has 33 heavy (non-hydrogen) atoms. The van der Waals surface area contributed by atoms with Gasteiger partial charge in [-0.1, -0.05) is 43.3 Å². The van der Waals surface area contributed by atoms with Crippen molar-refractivity contribution in [3.63, 3.8) is 0 Å². The van der Waals surface area contributed by atoms with Crippen LogP contribution in [0.3, 0.4) is 0 Å². The summed E-state index contributed by atoms with van der Waals surface area (Å²) in [5.74, 6) is 0.446. The third-order valence-electron chi connectivity index (χ3n) is 5.00. The lowest BCUT2D eigenvalue weighted by Gasteiger charge is -2.12. The Morgan fingerprint density at radius 2 is 1.79 bits per heavy atom. The standard InChI is InChI=1S/C27H23N3O3/c1-3-19-8-11-24(12-9-19)30-27(31)23(17-29)14-20-10-13-25(26(15-20)32-2)33-18-22-7-5-4-6-21(22)16-28/h4-15H,3,18H2,1-2H3,(H,30,31)/b23-14+. The Labute approximate surface area is 193 Å². The highest BCUT2D eigenvalue weighted by Crippen LogP contribution is 2.30. The van der Waals surface area contributed by atoms with Gasteiger partial charge < -0.3 is 14.8 Å². The van der Waals surface area contributed by atoms with Crippen LogP contribution in [-0.2, 0) is 17.8 Å². The average Bonchev–Trinajstić information content (AvgIpc) is 2.86. The zero-order valence-corrected chi connectivity index (χ0v) is 18.5. The molecule has 3 aromatic carbocycles. The van der Waals surface area contributed by atoms with Crippen LogP contribution in [0.1, 0.15) is 29.2 Å². The van der Waals surface area contributed by atoms with E-state index in [-0.39, 0.29) is 12.2 Å². The van der Waals surface area contributed by atoms with E-state index < -0.39 is 5.91 Å². The second kappa shape index (κ2) is 11.2. The first kappa shape index (κ1) is 23.1. The van der Waals surface area contributed by atoms with E-state index in [0.717, 1.165) is 17.5 Å². The molecule has 1 N–H and O–H groups in total. The van der Waals surface area contributed by atoms with Gasteiger partial charge in [-0.25, -0.2) is 0 Å². The summed E-state index contributed by atoms with van der Waals surface area (Å²) in [7, 11) is 1.51. The van der Waals surface area contributed by atoms with E-state index >= 15 is 0 Å². The molecule has 0 heterocycles. The average molecular weight is 437 g/mol. The molecular formula is C27H23N3O3. The van der Waals surface area contributed by atoms with E-state index in [2.05, 4.69) is 18.3 Å². The van der Waals surface area contributed by atoms with E-state index in [1.165, 1.54) is 13.2 Å². The van der Waals surface area contributed by atoms with Crippen LogP contribution >= 0.6 is 0 Å². The summed E-state index contributed by atoms with van der Waals surface area (Å²) in [6, 6.07) is 23.9. The highest BCUT2D eigenvalue weighted by molar-refractivity contribution is 6.09. The monoisotopic (exact) mass is 437 g/mol. The van der Waals surface area contributed by atoms with Gasteiger partial charge in [0.05, 0.1) is 18.7 Å². The van der Waals surface area contributed by atoms with E-state index in [1.807, 2.05) is 42.5 Å². The van der Waals surface area contributed by atoms with Gasteiger partial charge in [-0.2, -0.15) is 10.5 Å². The molecule has 0 bridgehead atoms. The Morgan fingerprint density at radius 1 is 1.03 bits per heavy atom. The summed E-state index contributed by atoms with van der Waals surface area (Å²) in [6.07, 6.45) is 2.40. The number of ether oxygens (including phenoxy) is 2. The molecule has 0 aliphatic rings. The molecule has 3 rings (SSSR count). The maximum Gasteiger partial charge on any atom is 0.266 e. The quantitative estimate of drug-likeness (QED) is 0.383. The van der Waals surface area contributed by atoms with Crippen molar-refractivity contribution in [3.8, 4) is 23.6 Å². The van der Waals surface area contributed by atoms with Crippen LogP contribution < -0.4 is 14.8 Å². The SMILES string of the molecule is CCc1ccc(NC(=O)/C(C#N)=C/c2ccc(OCc3ccccc3C#N)c(OC)c2)cc1. The van der Waals surface area contributed by atoms with Gasteiger partial charge in [0.2, 0.25) is 0 Å². The Kier molecular flexibility index (Phi) is 7.83. The molecule has 0 atom stereocenters. The van der Waals surface area contributed by atoms with Gasteiger partial charge in [0, 0.05) is 11.3 Å². The molecule has 1 amide bonds. The minimum atomic E-state index is -0.492. The fourth-order valence-corrected chi connectivity index (χ4v) is 3.14. The number of aryl methyl sites for hydroxylation is 1. The minimum Gasteiger partial charge on any atom is -0.493 e. The Bertz CT molecular complexity index is 1250. The molecule has 0 aliphatic heterocycles. The molecule has 0 radical (unpaired) electrons. The lowest BCUT2D eigenvalue weighted by Crippen LogP contribution is -2.13. The van der Waals surface area contributed by atoms with Crippen molar-refractivity contribution in [3.05, 3.63) is 94.6 Å². The van der Waals surface area contributed by atoms with Crippen LogP contribution in [0.25, 0.3) is 6.08 Å². The molecule has 6 nitrogen and oxygen atoms in total. The lowest BCUT2D eigenvalue weighted by molar-refractivity contribution is -0.112. The van der Waals surface area contributed by atoms with Gasteiger partial charge in [-0.3, -0.25) is 4.79 Å². The Hall–Kier alpha value is -4.55. The molecule has 0 spiro atoms. The molecule has 0 fully saturated rings. The summed E-state index contributed by atoms with van der Waals surface area (Å²) < 4.78 is 11.3. The van der Waals surface area contributed by atoms with Gasteiger partial charge in [0.1, 0.15) is 18.2 Å². The molecule has 0 saturated carbocycles. The third-order valence-corrected chi connectivity index (χ3v) is 5.00. The van der Waals surface area contributed by atoms with E-state index in [9.17, 15) is 15.3 Å². The zero-order valence-electron chi connectivity index (χ0n) is 18.5. The molecular weight excluding hydrogens is 414 g/mol. The number of hydrogen-bond acceptors (Lipinski definition) is 5. The summed E-state index contributed by atoms with van der Waals surface area (Å²) >= 11 is 0. The van der Waals surface area contributed by atoms with Gasteiger partial charge in [-0.05, 0) is 54.0 Å². The molecule has 0 aliphatic carbocycles. The van der Waals surface area contributed by atoms with Crippen LogP contribution in [0, 0.1) is 22.7 Å². The fraction of sp³-hybridized carbons (Fsp3) is 0.148. The van der Waals surface area contributed by atoms with Crippen LogP contribution in [0.2, 0.25) is 0 Å². The van der Waals surface area contributed by atoms with Gasteiger partial charge in [0.25, 0.3) is 5.91 Å². The third kappa shape index (κ3) is 6.00. The number of nitrogens with one attached hydrogen (secondary N) is 1. The number of anilines is 1. The number of rotatable bonds is 8. The van der Waals surface area contributed by atoms with E-state index in [0.29, 0.717) is 28.3 Å². The summed E-state index contributed by atoms with van der Waals surface area (Å²) in [4.78, 5) is 12.6. The Morgan fingerprint density at radius 3 is 2.45 bits per heavy atom. The number of benzene rings is 3. The summed E-state index contributed by atoms with van der Waals surface area (Å²) in [5, 5.41) is 21.5. The number of amides is 1. The zero-order chi connectivity index (χ0) is 23.6. The number of nitriles is 2. The highest BCUT2D eigenvalue weighted by atomic mass is 16.5. The maximum atomic E-state index is 12.6. The summed E-state index contributed by atoms with van der Waals surface area (Å²) in [6.45, 7) is 2.26. The summed E-state index contributed by atoms with van der Waals surface area (Å²) in [5.41, 5.74) is 3.68. The van der Waals surface area contributed by atoms with Crippen molar-refractivity contribution in [2.45, 2.75) is 20.0 Å². The first-order chi connectivity index (χ1) is 16.1. The number of carbonyl (C=O) groups excluding carboxylic acids is 1. The smallest absolute Gasteiger partial charge is 0.266 e. The molecule has 6 heteroatoms. The van der Waals surface area contributed by atoms with Crippen molar-refractivity contribution in [1.29, 1.82) is 10.5 Å². The molecule has 0 unspecified atom stereocenters. The predicted molar refractivity (Wildman–Crippen MR) is 127 cm³/mol. The lowest BCUT2D eigenvalue weighted by atomic mass is 10.1. The molecule has 0 aromatic heterocycles. The van der Waals surface area contributed by atoms with Gasteiger partial charge in [-0.15, -0.1) is 0 Å². The maximum absolute atomic E-state index is 12.6. The first-order valence-electron chi connectivity index (χ1n) is 10.4. The number of carbonyl (C=O) groups is 1. The largest absolute Gasteiger partial charge is 0.493 e. The molecule has 3 aromatic rings. The van der Waals surface area contributed by atoms with Crippen molar-refractivity contribution >= 4 is 17.7 Å². The minimum absolute atomic E-state index is 0.0340. The van der Waals surface area contributed by atoms with E-state index in [1.54, 1.807) is 30.3 Å². The van der Waals surface area contributed by atoms with Crippen molar-refractivity contribution in [2.24, 2.45) is 0 Å². The fourth-order valence-electron chi connectivity index (χ4n) is 3.14. The van der Waals surface area contributed by atoms with Gasteiger partial charge in [0.15, 0.2) is 11.5 Å². The van der Waals surface area contributed by atoms with Crippen LogP contribution in [0.15, 0.2) is 72.3 Å². The second-order valence-electron chi connectivity index (χ2n) is 7.14. The normalized spacial score (nSPS) is 10.6. The van der Waals surface area contributed by atoms with Crippen LogP contribution in [0.4, 0.5) is 5.69 Å².